The van der Waals surface area contributed by atoms with E-state index in [1.165, 1.54) is 18.5 Å². The Morgan fingerprint density at radius 1 is 1.18 bits per heavy atom. The lowest BCUT2D eigenvalue weighted by atomic mass is 9.88. The van der Waals surface area contributed by atoms with Crippen LogP contribution in [0.2, 0.25) is 0 Å². The summed E-state index contributed by atoms with van der Waals surface area (Å²) in [5.74, 6) is -5.75. The highest BCUT2D eigenvalue weighted by molar-refractivity contribution is 7.89. The summed E-state index contributed by atoms with van der Waals surface area (Å²) >= 11 is 0. The van der Waals surface area contributed by atoms with Crippen LogP contribution in [0.3, 0.4) is 0 Å². The first kappa shape index (κ1) is 28.1. The smallest absolute Gasteiger partial charge is 0.273 e. The van der Waals surface area contributed by atoms with Gasteiger partial charge in [-0.2, -0.15) is 0 Å². The highest BCUT2D eigenvalue weighted by Crippen LogP contribution is 2.38. The summed E-state index contributed by atoms with van der Waals surface area (Å²) in [6, 6.07) is 2.28. The highest BCUT2D eigenvalue weighted by Gasteiger charge is 2.41. The first-order valence-electron chi connectivity index (χ1n) is 12.1. The first-order chi connectivity index (χ1) is 17.7. The van der Waals surface area contributed by atoms with Crippen LogP contribution >= 0.6 is 0 Å². The third-order valence-corrected chi connectivity index (χ3v) is 8.89. The number of halogens is 3. The van der Waals surface area contributed by atoms with E-state index in [2.05, 4.69) is 10.0 Å². The Bertz CT molecular complexity index is 1480. The second-order valence-corrected chi connectivity index (χ2v) is 12.1. The minimum atomic E-state index is -4.23. The molecule has 1 aromatic carbocycles. The molecule has 13 heteroatoms. The number of aromatic nitrogens is 2. The van der Waals surface area contributed by atoms with E-state index in [0.29, 0.717) is 18.6 Å². The van der Waals surface area contributed by atoms with Gasteiger partial charge in [-0.3, -0.25) is 4.79 Å². The lowest BCUT2D eigenvalue weighted by Gasteiger charge is -2.30. The van der Waals surface area contributed by atoms with E-state index in [4.69, 9.17) is 0 Å². The van der Waals surface area contributed by atoms with E-state index in [-0.39, 0.29) is 45.6 Å². The maximum atomic E-state index is 13.8. The number of carbonyl (C=O) groups excluding carboxylic acids is 1. The number of carbonyl (C=O) groups is 1. The Hall–Kier alpha value is -2.87. The SMILES string of the molecule is CC1CCC(CC(C)(O)CO)C1NS(=O)(=O)c1c2c(ccn2C)c(C(=O)Nc2cc(F)c(F)c(F)c2)n1C. The molecule has 4 N–H and O–H groups in total. The quantitative estimate of drug-likeness (QED) is 0.318. The van der Waals surface area contributed by atoms with Crippen molar-refractivity contribution >= 4 is 32.5 Å². The van der Waals surface area contributed by atoms with Gasteiger partial charge in [0, 0.05) is 49.5 Å². The van der Waals surface area contributed by atoms with Crippen LogP contribution in [0.4, 0.5) is 18.9 Å². The molecule has 0 saturated heterocycles. The van der Waals surface area contributed by atoms with Gasteiger partial charge in [-0.15, -0.1) is 0 Å². The van der Waals surface area contributed by atoms with Gasteiger partial charge in [-0.1, -0.05) is 6.92 Å². The second-order valence-electron chi connectivity index (χ2n) is 10.4. The van der Waals surface area contributed by atoms with E-state index in [9.17, 15) is 36.6 Å². The Kier molecular flexibility index (Phi) is 7.43. The summed E-state index contributed by atoms with van der Waals surface area (Å²) in [5.41, 5.74) is -1.53. The molecule has 4 rings (SSSR count). The molecule has 0 spiro atoms. The number of sulfonamides is 1. The lowest BCUT2D eigenvalue weighted by molar-refractivity contribution is -0.0194. The standard InChI is InChI=1S/C25H31F3N4O5S/c1-13-5-6-14(11-25(2,35)12-33)20(13)30-38(36,37)24-22-16(7-8-31(22)3)21(32(24)4)23(34)29-15-9-17(26)19(28)18(27)10-15/h7-10,13-14,20,30,33,35H,5-6,11-12H2,1-4H3,(H,29,34). The number of anilines is 1. The summed E-state index contributed by atoms with van der Waals surface area (Å²) in [6.07, 6.45) is 3.17. The Labute approximate surface area is 218 Å². The van der Waals surface area contributed by atoms with Gasteiger partial charge < -0.3 is 24.7 Å². The van der Waals surface area contributed by atoms with Gasteiger partial charge in [-0.25, -0.2) is 26.3 Å². The zero-order chi connectivity index (χ0) is 28.2. The molecule has 2 heterocycles. The molecule has 0 radical (unpaired) electrons. The summed E-state index contributed by atoms with van der Waals surface area (Å²) in [6.45, 7) is 2.94. The minimum Gasteiger partial charge on any atom is -0.393 e. The number of aliphatic hydroxyl groups is 2. The normalized spacial score (nSPS) is 21.7. The molecule has 9 nitrogen and oxygen atoms in total. The fourth-order valence-electron chi connectivity index (χ4n) is 5.43. The molecule has 4 unspecified atom stereocenters. The molecule has 3 aromatic rings. The molecular formula is C25H31F3N4O5S. The number of aryl methyl sites for hydroxylation is 1. The van der Waals surface area contributed by atoms with Gasteiger partial charge in [0.15, 0.2) is 22.5 Å². The molecule has 0 bridgehead atoms. The molecule has 208 valence electrons. The van der Waals surface area contributed by atoms with Gasteiger partial charge in [0.2, 0.25) is 0 Å². The fourth-order valence-corrected chi connectivity index (χ4v) is 7.29. The Morgan fingerprint density at radius 2 is 1.82 bits per heavy atom. The largest absolute Gasteiger partial charge is 0.393 e. The van der Waals surface area contributed by atoms with Crippen molar-refractivity contribution in [1.82, 2.24) is 13.9 Å². The molecular weight excluding hydrogens is 525 g/mol. The number of nitrogens with one attached hydrogen (secondary N) is 2. The minimum absolute atomic E-state index is 0.0422. The van der Waals surface area contributed by atoms with Crippen LogP contribution in [0.1, 0.15) is 43.6 Å². The van der Waals surface area contributed by atoms with Crippen molar-refractivity contribution in [3.63, 3.8) is 0 Å². The number of amides is 1. The summed E-state index contributed by atoms with van der Waals surface area (Å²) < 4.78 is 73.8. The Balaban J connectivity index is 1.72. The topological polar surface area (TPSA) is 126 Å². The third kappa shape index (κ3) is 5.07. The zero-order valence-electron chi connectivity index (χ0n) is 21.4. The van der Waals surface area contributed by atoms with Crippen LogP contribution in [-0.2, 0) is 24.1 Å². The molecule has 2 aromatic heterocycles. The summed E-state index contributed by atoms with van der Waals surface area (Å²) in [7, 11) is -1.22. The average molecular weight is 557 g/mol. The van der Waals surface area contributed by atoms with Gasteiger partial charge >= 0.3 is 0 Å². The van der Waals surface area contributed by atoms with Crippen molar-refractivity contribution in [2.45, 2.75) is 49.8 Å². The van der Waals surface area contributed by atoms with Crippen LogP contribution in [0, 0.1) is 29.3 Å². The van der Waals surface area contributed by atoms with Crippen LogP contribution < -0.4 is 10.0 Å². The molecule has 1 amide bonds. The summed E-state index contributed by atoms with van der Waals surface area (Å²) in [5, 5.41) is 22.3. The predicted octanol–water partition coefficient (Wildman–Crippen LogP) is 3.01. The number of benzene rings is 1. The second kappa shape index (κ2) is 10.0. The van der Waals surface area contributed by atoms with E-state index in [1.54, 1.807) is 23.9 Å². The fraction of sp³-hybridized carbons (Fsp3) is 0.480. The average Bonchev–Trinajstić information content (AvgIpc) is 3.45. The predicted molar refractivity (Wildman–Crippen MR) is 134 cm³/mol. The number of hydrogen-bond acceptors (Lipinski definition) is 5. The van der Waals surface area contributed by atoms with Crippen LogP contribution in [0.15, 0.2) is 29.4 Å². The number of aliphatic hydroxyl groups excluding tert-OH is 1. The molecule has 1 aliphatic carbocycles. The van der Waals surface area contributed by atoms with E-state index in [0.717, 1.165) is 6.42 Å². The van der Waals surface area contributed by atoms with Crippen molar-refractivity contribution in [2.75, 3.05) is 11.9 Å². The third-order valence-electron chi connectivity index (χ3n) is 7.33. The molecule has 1 aliphatic rings. The van der Waals surface area contributed by atoms with Crippen LogP contribution in [0.25, 0.3) is 10.9 Å². The van der Waals surface area contributed by atoms with Crippen molar-refractivity contribution in [1.29, 1.82) is 0 Å². The van der Waals surface area contributed by atoms with Gasteiger partial charge in [0.1, 0.15) is 5.69 Å². The molecule has 0 aliphatic heterocycles. The van der Waals surface area contributed by atoms with Crippen LogP contribution in [0.5, 0.6) is 0 Å². The van der Waals surface area contributed by atoms with Gasteiger partial charge in [0.25, 0.3) is 15.9 Å². The van der Waals surface area contributed by atoms with E-state index in [1.807, 2.05) is 6.92 Å². The number of rotatable bonds is 8. The maximum Gasteiger partial charge on any atom is 0.273 e. The zero-order valence-corrected chi connectivity index (χ0v) is 22.2. The number of hydrogen-bond donors (Lipinski definition) is 4. The van der Waals surface area contributed by atoms with Gasteiger partial charge in [0.05, 0.1) is 17.7 Å². The van der Waals surface area contributed by atoms with E-state index >= 15 is 0 Å². The summed E-state index contributed by atoms with van der Waals surface area (Å²) in [4.78, 5) is 13.2. The van der Waals surface area contributed by atoms with Crippen molar-refractivity contribution in [2.24, 2.45) is 25.9 Å². The monoisotopic (exact) mass is 556 g/mol. The first-order valence-corrected chi connectivity index (χ1v) is 13.6. The molecule has 38 heavy (non-hydrogen) atoms. The lowest BCUT2D eigenvalue weighted by Crippen LogP contribution is -2.44. The molecule has 4 atom stereocenters. The van der Waals surface area contributed by atoms with Crippen molar-refractivity contribution in [3.8, 4) is 0 Å². The Morgan fingerprint density at radius 3 is 2.42 bits per heavy atom. The van der Waals surface area contributed by atoms with Crippen LogP contribution in [-0.4, -0.2) is 51.9 Å². The highest BCUT2D eigenvalue weighted by atomic mass is 32.2. The van der Waals surface area contributed by atoms with Crippen molar-refractivity contribution in [3.05, 3.63) is 47.5 Å². The maximum absolute atomic E-state index is 13.8. The number of nitrogens with zero attached hydrogens (tertiary/aromatic N) is 2. The molecule has 1 fully saturated rings. The van der Waals surface area contributed by atoms with Crippen molar-refractivity contribution < 1.29 is 36.6 Å². The van der Waals surface area contributed by atoms with E-state index < -0.39 is 51.6 Å². The van der Waals surface area contributed by atoms with Gasteiger partial charge in [-0.05, 0) is 44.1 Å². The molecule has 1 saturated carbocycles. The number of fused-ring (bicyclic) bond motifs is 1.